The molecule has 1 aromatic rings. The fraction of sp³-hybridized carbons (Fsp3) is 0.846. The molecule has 1 N–H and O–H groups in total. The second-order valence-electron chi connectivity index (χ2n) is 5.17. The Hall–Kier alpha value is -0.940. The van der Waals surface area contributed by atoms with Crippen LogP contribution in [0.4, 0.5) is 0 Å². The minimum absolute atomic E-state index is 0.331. The van der Waals surface area contributed by atoms with Gasteiger partial charge < -0.3 is 14.6 Å². The Labute approximate surface area is 108 Å². The van der Waals surface area contributed by atoms with E-state index in [1.807, 2.05) is 14.0 Å². The highest BCUT2D eigenvalue weighted by atomic mass is 16.5. The molecule has 0 bridgehead atoms. The predicted octanol–water partition coefficient (Wildman–Crippen LogP) is 2.23. The van der Waals surface area contributed by atoms with Crippen molar-refractivity contribution in [1.29, 1.82) is 0 Å². The van der Waals surface area contributed by atoms with Gasteiger partial charge in [0.25, 0.3) is 0 Å². The van der Waals surface area contributed by atoms with E-state index in [2.05, 4.69) is 22.4 Å². The predicted molar refractivity (Wildman–Crippen MR) is 68.0 cm³/mol. The zero-order valence-corrected chi connectivity index (χ0v) is 11.5. The first-order valence-corrected chi connectivity index (χ1v) is 6.82. The number of ether oxygens (including phenoxy) is 1. The molecule has 0 spiro atoms. The van der Waals surface area contributed by atoms with E-state index in [1.165, 1.54) is 6.42 Å². The van der Waals surface area contributed by atoms with Crippen molar-refractivity contribution in [3.05, 3.63) is 11.7 Å². The van der Waals surface area contributed by atoms with E-state index >= 15 is 0 Å². The van der Waals surface area contributed by atoms with Crippen LogP contribution in [0.5, 0.6) is 0 Å². The molecule has 0 amide bonds. The second-order valence-corrected chi connectivity index (χ2v) is 5.17. The van der Waals surface area contributed by atoms with Gasteiger partial charge in [0, 0.05) is 6.61 Å². The highest BCUT2D eigenvalue weighted by molar-refractivity contribution is 5.04. The van der Waals surface area contributed by atoms with Crippen LogP contribution in [0.15, 0.2) is 4.52 Å². The number of nitrogens with zero attached hydrogens (tertiary/aromatic N) is 2. The van der Waals surface area contributed by atoms with Gasteiger partial charge in [0.05, 0.1) is 6.54 Å². The van der Waals surface area contributed by atoms with Crippen molar-refractivity contribution in [3.63, 3.8) is 0 Å². The van der Waals surface area contributed by atoms with Crippen LogP contribution in [0.3, 0.4) is 0 Å². The molecular formula is C13H23N3O2. The molecule has 0 radical (unpaired) electrons. The molecule has 18 heavy (non-hydrogen) atoms. The summed E-state index contributed by atoms with van der Waals surface area (Å²) in [4.78, 5) is 4.48. The Balaban J connectivity index is 2.21. The molecule has 2 rings (SSSR count). The molecule has 1 heterocycles. The fourth-order valence-corrected chi connectivity index (χ4v) is 2.84. The van der Waals surface area contributed by atoms with Crippen molar-refractivity contribution in [3.8, 4) is 0 Å². The SMILES string of the molecule is CCOC1(c2noc(CNC)n2)CCCC(C)C1. The zero-order valence-electron chi connectivity index (χ0n) is 11.5. The number of hydrogen-bond acceptors (Lipinski definition) is 5. The minimum Gasteiger partial charge on any atom is -0.367 e. The fourth-order valence-electron chi connectivity index (χ4n) is 2.84. The molecule has 1 aliphatic rings. The molecule has 0 saturated heterocycles. The Kier molecular flexibility index (Phi) is 4.35. The molecule has 2 unspecified atom stereocenters. The highest BCUT2D eigenvalue weighted by Gasteiger charge is 2.41. The maximum absolute atomic E-state index is 6.01. The zero-order chi connectivity index (χ0) is 13.0. The molecule has 5 heteroatoms. The Bertz CT molecular complexity index is 376. The van der Waals surface area contributed by atoms with Crippen LogP contribution in [0, 0.1) is 5.92 Å². The summed E-state index contributed by atoms with van der Waals surface area (Å²) >= 11 is 0. The molecule has 102 valence electrons. The van der Waals surface area contributed by atoms with Crippen molar-refractivity contribution >= 4 is 0 Å². The molecule has 1 aromatic heterocycles. The van der Waals surface area contributed by atoms with Crippen LogP contribution in [0.2, 0.25) is 0 Å². The van der Waals surface area contributed by atoms with Crippen molar-refractivity contribution in [2.75, 3.05) is 13.7 Å². The Morgan fingerprint density at radius 2 is 2.39 bits per heavy atom. The summed E-state index contributed by atoms with van der Waals surface area (Å²) in [6.07, 6.45) is 4.40. The maximum atomic E-state index is 6.01. The van der Waals surface area contributed by atoms with Crippen LogP contribution in [-0.2, 0) is 16.9 Å². The second kappa shape index (κ2) is 5.80. The summed E-state index contributed by atoms with van der Waals surface area (Å²) in [6.45, 7) is 5.57. The quantitative estimate of drug-likeness (QED) is 0.872. The normalized spacial score (nSPS) is 28.5. The standard InChI is InChI=1S/C13H23N3O2/c1-4-17-13(7-5-6-10(2)8-13)12-15-11(9-14-3)18-16-12/h10,14H,4-9H2,1-3H3. The molecule has 2 atom stereocenters. The molecular weight excluding hydrogens is 230 g/mol. The van der Waals surface area contributed by atoms with Crippen molar-refractivity contribution in [2.24, 2.45) is 5.92 Å². The van der Waals surface area contributed by atoms with E-state index < -0.39 is 0 Å². The lowest BCUT2D eigenvalue weighted by Gasteiger charge is -2.37. The average Bonchev–Trinajstić information content (AvgIpc) is 2.79. The lowest BCUT2D eigenvalue weighted by atomic mass is 9.78. The van der Waals surface area contributed by atoms with Crippen molar-refractivity contribution < 1.29 is 9.26 Å². The number of rotatable bonds is 5. The van der Waals surface area contributed by atoms with Gasteiger partial charge in [0.15, 0.2) is 0 Å². The number of hydrogen-bond donors (Lipinski definition) is 1. The summed E-state index contributed by atoms with van der Waals surface area (Å²) in [5.74, 6) is 2.00. The van der Waals surface area contributed by atoms with Gasteiger partial charge in [-0.25, -0.2) is 0 Å². The summed E-state index contributed by atoms with van der Waals surface area (Å²) in [6, 6.07) is 0. The Morgan fingerprint density at radius 3 is 3.06 bits per heavy atom. The van der Waals surface area contributed by atoms with E-state index in [0.717, 1.165) is 25.1 Å². The van der Waals surface area contributed by atoms with Gasteiger partial charge in [-0.05, 0) is 39.2 Å². The van der Waals surface area contributed by atoms with E-state index in [9.17, 15) is 0 Å². The van der Waals surface area contributed by atoms with E-state index in [4.69, 9.17) is 9.26 Å². The van der Waals surface area contributed by atoms with Crippen LogP contribution in [0.25, 0.3) is 0 Å². The van der Waals surface area contributed by atoms with Gasteiger partial charge in [0.1, 0.15) is 5.60 Å². The lowest BCUT2D eigenvalue weighted by Crippen LogP contribution is -2.36. The largest absolute Gasteiger partial charge is 0.367 e. The molecule has 0 aliphatic heterocycles. The van der Waals surface area contributed by atoms with Gasteiger partial charge in [-0.1, -0.05) is 18.5 Å². The third-order valence-corrected chi connectivity index (χ3v) is 3.58. The van der Waals surface area contributed by atoms with Gasteiger partial charge in [0.2, 0.25) is 11.7 Å². The number of nitrogens with one attached hydrogen (secondary N) is 1. The lowest BCUT2D eigenvalue weighted by molar-refractivity contribution is -0.0891. The summed E-state index contributed by atoms with van der Waals surface area (Å²) in [5, 5.41) is 7.15. The first-order chi connectivity index (χ1) is 8.70. The van der Waals surface area contributed by atoms with Crippen LogP contribution in [-0.4, -0.2) is 23.8 Å². The summed E-state index contributed by atoms with van der Waals surface area (Å²) < 4.78 is 11.3. The first kappa shape index (κ1) is 13.5. The van der Waals surface area contributed by atoms with Crippen LogP contribution < -0.4 is 5.32 Å². The maximum Gasteiger partial charge on any atom is 0.240 e. The van der Waals surface area contributed by atoms with E-state index in [0.29, 0.717) is 25.0 Å². The monoisotopic (exact) mass is 253 g/mol. The third kappa shape index (κ3) is 2.72. The van der Waals surface area contributed by atoms with Crippen LogP contribution in [0.1, 0.15) is 51.2 Å². The smallest absolute Gasteiger partial charge is 0.240 e. The topological polar surface area (TPSA) is 60.2 Å². The molecule has 0 aromatic carbocycles. The molecule has 1 saturated carbocycles. The van der Waals surface area contributed by atoms with Crippen molar-refractivity contribution in [2.45, 2.75) is 51.7 Å². The number of aromatic nitrogens is 2. The molecule has 5 nitrogen and oxygen atoms in total. The van der Waals surface area contributed by atoms with Crippen molar-refractivity contribution in [1.82, 2.24) is 15.5 Å². The summed E-state index contributed by atoms with van der Waals surface area (Å²) in [7, 11) is 1.87. The Morgan fingerprint density at radius 1 is 1.56 bits per heavy atom. The average molecular weight is 253 g/mol. The van der Waals surface area contributed by atoms with Gasteiger partial charge in [-0.15, -0.1) is 0 Å². The first-order valence-electron chi connectivity index (χ1n) is 6.82. The highest BCUT2D eigenvalue weighted by Crippen LogP contribution is 2.41. The van der Waals surface area contributed by atoms with Gasteiger partial charge in [-0.2, -0.15) is 4.98 Å². The minimum atomic E-state index is -0.331. The molecule has 1 aliphatic carbocycles. The van der Waals surface area contributed by atoms with Gasteiger partial charge in [-0.3, -0.25) is 0 Å². The van der Waals surface area contributed by atoms with E-state index in [1.54, 1.807) is 0 Å². The van der Waals surface area contributed by atoms with Crippen LogP contribution >= 0.6 is 0 Å². The van der Waals surface area contributed by atoms with Gasteiger partial charge >= 0.3 is 0 Å². The molecule has 1 fully saturated rings. The third-order valence-electron chi connectivity index (χ3n) is 3.58. The summed E-state index contributed by atoms with van der Waals surface area (Å²) in [5.41, 5.74) is -0.331. The van der Waals surface area contributed by atoms with E-state index in [-0.39, 0.29) is 5.60 Å².